The molecule has 0 N–H and O–H groups in total. The molecular weight excluding hydrogens is 383 g/mol. The standard InChI is InChI=1S/C19H18ClFN6O/c1-2-26-10-24-13-8-11(7-12(21)17(13)26)15-16-18(23-9-22-15)27(19(20)25-16)14-5-3-4-6-28-14/h7-10,14H,2-6H2,1H3. The monoisotopic (exact) mass is 400 g/mol. The summed E-state index contributed by atoms with van der Waals surface area (Å²) in [5.74, 6) is -0.347. The maximum Gasteiger partial charge on any atom is 0.207 e. The number of ether oxygens (including phenoxy) is 1. The number of fused-ring (bicyclic) bond motifs is 2. The third-order valence-electron chi connectivity index (χ3n) is 5.16. The van der Waals surface area contributed by atoms with Crippen molar-refractivity contribution in [3.8, 4) is 11.3 Å². The summed E-state index contributed by atoms with van der Waals surface area (Å²) in [6.07, 6.45) is 5.82. The van der Waals surface area contributed by atoms with Crippen LogP contribution in [0.5, 0.6) is 0 Å². The predicted octanol–water partition coefficient (Wildman–Crippen LogP) is 4.35. The van der Waals surface area contributed by atoms with Crippen molar-refractivity contribution in [2.45, 2.75) is 39.0 Å². The fraction of sp³-hybridized carbons (Fsp3) is 0.368. The van der Waals surface area contributed by atoms with Crippen LogP contribution < -0.4 is 0 Å². The van der Waals surface area contributed by atoms with Crippen LogP contribution in [-0.2, 0) is 11.3 Å². The van der Waals surface area contributed by atoms with E-state index in [-0.39, 0.29) is 12.0 Å². The van der Waals surface area contributed by atoms with E-state index < -0.39 is 0 Å². The van der Waals surface area contributed by atoms with Crippen molar-refractivity contribution in [1.82, 2.24) is 29.1 Å². The van der Waals surface area contributed by atoms with Gasteiger partial charge in [-0.3, -0.25) is 4.57 Å². The molecule has 1 aromatic carbocycles. The van der Waals surface area contributed by atoms with Crippen LogP contribution in [0, 0.1) is 5.82 Å². The number of imidazole rings is 2. The zero-order chi connectivity index (χ0) is 19.3. The number of hydrogen-bond acceptors (Lipinski definition) is 5. The van der Waals surface area contributed by atoms with Crippen LogP contribution in [0.1, 0.15) is 32.4 Å². The Morgan fingerprint density at radius 3 is 2.93 bits per heavy atom. The Morgan fingerprint density at radius 1 is 1.25 bits per heavy atom. The normalized spacial score (nSPS) is 17.6. The fourth-order valence-corrected chi connectivity index (χ4v) is 4.08. The first kappa shape index (κ1) is 17.5. The Morgan fingerprint density at radius 2 is 2.14 bits per heavy atom. The molecule has 4 aromatic rings. The summed E-state index contributed by atoms with van der Waals surface area (Å²) < 4.78 is 24.2. The van der Waals surface area contributed by atoms with E-state index in [0.29, 0.717) is 51.9 Å². The molecule has 0 aliphatic carbocycles. The summed E-state index contributed by atoms with van der Waals surface area (Å²) >= 11 is 6.42. The van der Waals surface area contributed by atoms with Crippen LogP contribution in [0.25, 0.3) is 33.5 Å². The molecule has 4 heterocycles. The first-order chi connectivity index (χ1) is 13.7. The van der Waals surface area contributed by atoms with Crippen LogP contribution in [0.2, 0.25) is 5.28 Å². The highest BCUT2D eigenvalue weighted by Gasteiger charge is 2.24. The van der Waals surface area contributed by atoms with Gasteiger partial charge >= 0.3 is 0 Å². The third kappa shape index (κ3) is 2.67. The minimum atomic E-state index is -0.347. The maximum atomic E-state index is 14.8. The van der Waals surface area contributed by atoms with Crippen molar-refractivity contribution < 1.29 is 9.13 Å². The molecule has 7 nitrogen and oxygen atoms in total. The lowest BCUT2D eigenvalue weighted by Gasteiger charge is -2.24. The molecule has 0 saturated carbocycles. The van der Waals surface area contributed by atoms with Crippen LogP contribution in [0.4, 0.5) is 4.39 Å². The molecule has 1 atom stereocenters. The first-order valence-electron chi connectivity index (χ1n) is 9.32. The molecule has 0 radical (unpaired) electrons. The van der Waals surface area contributed by atoms with Gasteiger partial charge in [0.15, 0.2) is 5.65 Å². The lowest BCUT2D eigenvalue weighted by molar-refractivity contribution is -0.0296. The van der Waals surface area contributed by atoms with Crippen molar-refractivity contribution in [2.75, 3.05) is 6.61 Å². The van der Waals surface area contributed by atoms with Gasteiger partial charge in [0.05, 0.1) is 11.8 Å². The van der Waals surface area contributed by atoms with Gasteiger partial charge in [-0.15, -0.1) is 0 Å². The zero-order valence-electron chi connectivity index (χ0n) is 15.3. The van der Waals surface area contributed by atoms with E-state index in [9.17, 15) is 4.39 Å². The van der Waals surface area contributed by atoms with Gasteiger partial charge in [-0.2, -0.15) is 0 Å². The molecular formula is C19H18ClFN6O. The van der Waals surface area contributed by atoms with Crippen molar-refractivity contribution >= 4 is 33.8 Å². The Hall–Kier alpha value is -2.58. The quantitative estimate of drug-likeness (QED) is 0.478. The van der Waals surface area contributed by atoms with Gasteiger partial charge < -0.3 is 9.30 Å². The average molecular weight is 401 g/mol. The number of aryl methyl sites for hydroxylation is 1. The smallest absolute Gasteiger partial charge is 0.207 e. The predicted molar refractivity (Wildman–Crippen MR) is 104 cm³/mol. The number of aromatic nitrogens is 6. The molecule has 28 heavy (non-hydrogen) atoms. The highest BCUT2D eigenvalue weighted by atomic mass is 35.5. The summed E-state index contributed by atoms with van der Waals surface area (Å²) in [7, 11) is 0. The van der Waals surface area contributed by atoms with Crippen molar-refractivity contribution in [3.63, 3.8) is 0 Å². The summed E-state index contributed by atoms with van der Waals surface area (Å²) in [5, 5.41) is 0.292. The largest absolute Gasteiger partial charge is 0.358 e. The van der Waals surface area contributed by atoms with E-state index in [0.717, 1.165) is 19.3 Å². The molecule has 0 spiro atoms. The molecule has 144 valence electrons. The Balaban J connectivity index is 1.69. The molecule has 1 unspecified atom stereocenters. The zero-order valence-corrected chi connectivity index (χ0v) is 16.0. The van der Waals surface area contributed by atoms with Crippen molar-refractivity contribution in [2.24, 2.45) is 0 Å². The van der Waals surface area contributed by atoms with Gasteiger partial charge in [-0.25, -0.2) is 24.3 Å². The molecule has 0 amide bonds. The second-order valence-electron chi connectivity index (χ2n) is 6.82. The lowest BCUT2D eigenvalue weighted by atomic mass is 10.1. The van der Waals surface area contributed by atoms with Crippen LogP contribution in [0.15, 0.2) is 24.8 Å². The minimum absolute atomic E-state index is 0.200. The second-order valence-corrected chi connectivity index (χ2v) is 7.16. The number of rotatable bonds is 3. The van der Waals surface area contributed by atoms with Gasteiger partial charge in [0.25, 0.3) is 0 Å². The van der Waals surface area contributed by atoms with Crippen LogP contribution in [0.3, 0.4) is 0 Å². The molecule has 5 rings (SSSR count). The van der Waals surface area contributed by atoms with E-state index in [2.05, 4.69) is 19.9 Å². The van der Waals surface area contributed by atoms with E-state index in [1.165, 1.54) is 12.4 Å². The fourth-order valence-electron chi connectivity index (χ4n) is 3.81. The van der Waals surface area contributed by atoms with Crippen molar-refractivity contribution in [3.05, 3.63) is 35.9 Å². The van der Waals surface area contributed by atoms with Gasteiger partial charge in [0.2, 0.25) is 5.28 Å². The SMILES string of the molecule is CCn1cnc2cc(-c3ncnc4c3nc(Cl)n4C3CCCCO3)cc(F)c21. The number of nitrogens with zero attached hydrogens (tertiary/aromatic N) is 6. The Bertz CT molecular complexity index is 1180. The second kappa shape index (κ2) is 6.79. The van der Waals surface area contributed by atoms with Gasteiger partial charge in [-0.1, -0.05) is 0 Å². The molecule has 1 aliphatic heterocycles. The Kier molecular flexibility index (Phi) is 4.25. The topological polar surface area (TPSA) is 70.7 Å². The molecule has 3 aromatic heterocycles. The van der Waals surface area contributed by atoms with Gasteiger partial charge in [0, 0.05) is 18.7 Å². The lowest BCUT2D eigenvalue weighted by Crippen LogP contribution is -2.18. The molecule has 9 heteroatoms. The number of hydrogen-bond donors (Lipinski definition) is 0. The Labute approximate surface area is 165 Å². The molecule has 1 fully saturated rings. The van der Waals surface area contributed by atoms with Crippen molar-refractivity contribution in [1.29, 1.82) is 0 Å². The van der Waals surface area contributed by atoms with Crippen LogP contribution >= 0.6 is 11.6 Å². The summed E-state index contributed by atoms with van der Waals surface area (Å²) in [5.41, 5.74) is 3.27. The summed E-state index contributed by atoms with van der Waals surface area (Å²) in [6, 6.07) is 3.28. The first-order valence-corrected chi connectivity index (χ1v) is 9.70. The van der Waals surface area contributed by atoms with E-state index >= 15 is 0 Å². The van der Waals surface area contributed by atoms with Gasteiger partial charge in [0.1, 0.15) is 35.1 Å². The highest BCUT2D eigenvalue weighted by molar-refractivity contribution is 6.29. The van der Waals surface area contributed by atoms with E-state index in [4.69, 9.17) is 16.3 Å². The van der Waals surface area contributed by atoms with E-state index in [1.54, 1.807) is 15.5 Å². The summed E-state index contributed by atoms with van der Waals surface area (Å²) in [4.78, 5) is 17.5. The molecule has 1 saturated heterocycles. The third-order valence-corrected chi connectivity index (χ3v) is 5.43. The van der Waals surface area contributed by atoms with E-state index in [1.807, 2.05) is 13.0 Å². The average Bonchev–Trinajstić information content (AvgIpc) is 3.28. The highest BCUT2D eigenvalue weighted by Crippen LogP contribution is 2.34. The minimum Gasteiger partial charge on any atom is -0.358 e. The molecule has 0 bridgehead atoms. The number of halogens is 2. The number of benzene rings is 1. The summed E-state index contributed by atoms with van der Waals surface area (Å²) in [6.45, 7) is 3.27. The maximum absolute atomic E-state index is 14.8. The van der Waals surface area contributed by atoms with Gasteiger partial charge in [-0.05, 0) is 49.9 Å². The molecule has 1 aliphatic rings. The van der Waals surface area contributed by atoms with Crippen LogP contribution in [-0.4, -0.2) is 35.7 Å².